The first-order chi connectivity index (χ1) is 11.6. The largest absolute Gasteiger partial charge is 1.00 e. The van der Waals surface area contributed by atoms with Crippen molar-refractivity contribution in [2.45, 2.75) is 40.7 Å². The van der Waals surface area contributed by atoms with Gasteiger partial charge in [0.05, 0.1) is 0 Å². The van der Waals surface area contributed by atoms with E-state index in [4.69, 9.17) is 4.74 Å². The number of aromatic amines is 1. The Morgan fingerprint density at radius 2 is 1.80 bits per heavy atom. The summed E-state index contributed by atoms with van der Waals surface area (Å²) in [5.41, 5.74) is 4.88. The monoisotopic (exact) mass is 408 g/mol. The standard InChI is InChI=1S/C20H28N2O2.BrH/c1-5-22(6-2)13-12-18-15(3)19(21-16(18)4)20(23)24-14-17-10-8-7-9-11-17;/h7-11,21H,5-6,12-14H2,1-4H3;1H. The van der Waals surface area contributed by atoms with Crippen LogP contribution in [0.5, 0.6) is 0 Å². The molecule has 0 unspecified atom stereocenters. The minimum Gasteiger partial charge on any atom is -1.00 e. The summed E-state index contributed by atoms with van der Waals surface area (Å²) in [5.74, 6) is -0.284. The fourth-order valence-electron chi connectivity index (χ4n) is 2.97. The SMILES string of the molecule is CCN(CC)CCc1c(C)[nH]c(C(=O)OCc2ccccc2)c1C.[Br-].[H+]. The van der Waals surface area contributed by atoms with Crippen molar-refractivity contribution in [2.75, 3.05) is 19.6 Å². The molecule has 0 radical (unpaired) electrons. The molecule has 1 aromatic heterocycles. The number of nitrogens with zero attached hydrogens (tertiary/aromatic N) is 1. The first-order valence-corrected chi connectivity index (χ1v) is 8.68. The van der Waals surface area contributed by atoms with Gasteiger partial charge in [-0.2, -0.15) is 0 Å². The number of likely N-dealkylation sites (N-methyl/N-ethyl adjacent to an activating group) is 1. The zero-order chi connectivity index (χ0) is 17.5. The van der Waals surface area contributed by atoms with E-state index < -0.39 is 0 Å². The number of H-pyrrole nitrogens is 1. The van der Waals surface area contributed by atoms with Crippen LogP contribution in [0.4, 0.5) is 0 Å². The zero-order valence-corrected chi connectivity index (χ0v) is 17.1. The van der Waals surface area contributed by atoms with Gasteiger partial charge in [-0.25, -0.2) is 4.79 Å². The summed E-state index contributed by atoms with van der Waals surface area (Å²) in [4.78, 5) is 18.0. The lowest BCUT2D eigenvalue weighted by molar-refractivity contribution is -0.0000236. The molecule has 2 aromatic rings. The summed E-state index contributed by atoms with van der Waals surface area (Å²) < 4.78 is 5.45. The van der Waals surface area contributed by atoms with E-state index in [1.807, 2.05) is 44.2 Å². The maximum absolute atomic E-state index is 12.4. The van der Waals surface area contributed by atoms with Crippen molar-refractivity contribution in [2.24, 2.45) is 0 Å². The average molecular weight is 409 g/mol. The van der Waals surface area contributed by atoms with Crippen LogP contribution in [0.25, 0.3) is 0 Å². The molecule has 0 aliphatic carbocycles. The summed E-state index contributed by atoms with van der Waals surface area (Å²) in [5, 5.41) is 0. The quantitative estimate of drug-likeness (QED) is 0.662. The minimum absolute atomic E-state index is 0. The second-order valence-electron chi connectivity index (χ2n) is 6.07. The smallest absolute Gasteiger partial charge is 1.00 e. The molecule has 4 nitrogen and oxygen atoms in total. The van der Waals surface area contributed by atoms with Crippen molar-refractivity contribution in [3.8, 4) is 0 Å². The summed E-state index contributed by atoms with van der Waals surface area (Å²) in [6, 6.07) is 9.74. The van der Waals surface area contributed by atoms with Crippen LogP contribution >= 0.6 is 0 Å². The Bertz CT molecular complexity index is 670. The van der Waals surface area contributed by atoms with E-state index in [9.17, 15) is 4.79 Å². The number of aromatic nitrogens is 1. The lowest BCUT2D eigenvalue weighted by atomic mass is 10.1. The van der Waals surface area contributed by atoms with Crippen molar-refractivity contribution in [3.63, 3.8) is 0 Å². The van der Waals surface area contributed by atoms with Gasteiger partial charge in [0.15, 0.2) is 0 Å². The summed E-state index contributed by atoms with van der Waals surface area (Å²) >= 11 is 0. The van der Waals surface area contributed by atoms with Crippen LogP contribution in [0.15, 0.2) is 30.3 Å². The van der Waals surface area contributed by atoms with Gasteiger partial charge in [0.1, 0.15) is 12.3 Å². The molecule has 0 saturated heterocycles. The first-order valence-electron chi connectivity index (χ1n) is 8.68. The molecule has 0 aliphatic rings. The van der Waals surface area contributed by atoms with Crippen LogP contribution in [0.2, 0.25) is 0 Å². The third-order valence-electron chi connectivity index (χ3n) is 4.58. The van der Waals surface area contributed by atoms with Gasteiger partial charge in [-0.15, -0.1) is 0 Å². The number of nitrogens with one attached hydrogen (secondary N) is 1. The lowest BCUT2D eigenvalue weighted by Gasteiger charge is -2.17. The summed E-state index contributed by atoms with van der Waals surface area (Å²) in [6.45, 7) is 11.8. The van der Waals surface area contributed by atoms with Gasteiger partial charge < -0.3 is 31.6 Å². The summed E-state index contributed by atoms with van der Waals surface area (Å²) in [6.07, 6.45) is 0.946. The third kappa shape index (κ3) is 5.72. The molecule has 0 spiro atoms. The number of halogens is 1. The molecular weight excluding hydrogens is 380 g/mol. The van der Waals surface area contributed by atoms with Gasteiger partial charge in [-0.1, -0.05) is 44.2 Å². The van der Waals surface area contributed by atoms with Gasteiger partial charge in [-0.3, -0.25) is 0 Å². The Kier molecular flexibility index (Phi) is 8.93. The average Bonchev–Trinajstić information content (AvgIpc) is 2.89. The fraction of sp³-hybridized carbons (Fsp3) is 0.450. The Labute approximate surface area is 162 Å². The number of aryl methyl sites for hydroxylation is 1. The van der Waals surface area contributed by atoms with Crippen molar-refractivity contribution >= 4 is 5.97 Å². The molecule has 0 bridgehead atoms. The molecule has 1 N–H and O–H groups in total. The highest BCUT2D eigenvalue weighted by molar-refractivity contribution is 5.89. The molecule has 0 atom stereocenters. The molecular formula is C20H29BrN2O2. The first kappa shape index (κ1) is 21.5. The molecule has 0 saturated carbocycles. The number of hydrogen-bond acceptors (Lipinski definition) is 3. The number of carbonyl (C=O) groups excluding carboxylic acids is 1. The van der Waals surface area contributed by atoms with E-state index >= 15 is 0 Å². The molecule has 1 aromatic carbocycles. The van der Waals surface area contributed by atoms with E-state index in [1.165, 1.54) is 5.56 Å². The highest BCUT2D eigenvalue weighted by atomic mass is 79.9. The van der Waals surface area contributed by atoms with Gasteiger partial charge in [0.25, 0.3) is 0 Å². The highest BCUT2D eigenvalue weighted by Gasteiger charge is 2.18. The number of ether oxygens (including phenoxy) is 1. The molecule has 0 aliphatic heterocycles. The third-order valence-corrected chi connectivity index (χ3v) is 4.58. The number of rotatable bonds is 8. The maximum atomic E-state index is 12.4. The van der Waals surface area contributed by atoms with Crippen LogP contribution < -0.4 is 17.0 Å². The molecule has 1 heterocycles. The molecule has 0 amide bonds. The van der Waals surface area contributed by atoms with Crippen molar-refractivity contribution in [1.82, 2.24) is 9.88 Å². The van der Waals surface area contributed by atoms with E-state index in [-0.39, 0.29) is 24.4 Å². The van der Waals surface area contributed by atoms with Crippen molar-refractivity contribution in [3.05, 3.63) is 58.4 Å². The van der Waals surface area contributed by atoms with Gasteiger partial charge in [0, 0.05) is 12.2 Å². The Hall–Kier alpha value is -1.59. The van der Waals surface area contributed by atoms with Crippen LogP contribution in [0, 0.1) is 13.8 Å². The Morgan fingerprint density at radius 3 is 2.40 bits per heavy atom. The van der Waals surface area contributed by atoms with Crippen LogP contribution in [0.1, 0.15) is 48.1 Å². The Morgan fingerprint density at radius 1 is 1.16 bits per heavy atom. The number of carbonyl (C=O) groups is 1. The van der Waals surface area contributed by atoms with Crippen LogP contribution in [-0.2, 0) is 17.8 Å². The van der Waals surface area contributed by atoms with Crippen molar-refractivity contribution in [1.29, 1.82) is 0 Å². The highest BCUT2D eigenvalue weighted by Crippen LogP contribution is 2.20. The predicted molar refractivity (Wildman–Crippen MR) is 98.4 cm³/mol. The lowest BCUT2D eigenvalue weighted by Crippen LogP contribution is -3.00. The van der Waals surface area contributed by atoms with Crippen LogP contribution in [0.3, 0.4) is 0 Å². The number of hydrogen-bond donors (Lipinski definition) is 1. The number of esters is 1. The van der Waals surface area contributed by atoms with Gasteiger partial charge in [-0.05, 0) is 50.0 Å². The molecule has 5 heteroatoms. The number of benzene rings is 1. The van der Waals surface area contributed by atoms with Gasteiger partial charge in [0.2, 0.25) is 0 Å². The molecule has 25 heavy (non-hydrogen) atoms. The van der Waals surface area contributed by atoms with E-state index in [0.29, 0.717) is 12.3 Å². The normalized spacial score (nSPS) is 10.6. The van der Waals surface area contributed by atoms with Crippen molar-refractivity contribution < 1.29 is 27.9 Å². The second-order valence-corrected chi connectivity index (χ2v) is 6.07. The predicted octanol–water partition coefficient (Wildman–Crippen LogP) is 0.989. The topological polar surface area (TPSA) is 45.3 Å². The fourth-order valence-corrected chi connectivity index (χ4v) is 2.97. The minimum atomic E-state index is -0.284. The summed E-state index contributed by atoms with van der Waals surface area (Å²) in [7, 11) is 0. The Balaban J connectivity index is 0.00000312. The molecule has 2 rings (SSSR count). The van der Waals surface area contributed by atoms with E-state index in [2.05, 4.69) is 23.7 Å². The van der Waals surface area contributed by atoms with E-state index in [0.717, 1.165) is 42.9 Å². The molecule has 0 fully saturated rings. The molecule has 138 valence electrons. The second kappa shape index (κ2) is 10.4. The zero-order valence-electron chi connectivity index (χ0n) is 16.6. The maximum Gasteiger partial charge on any atom is 1.00 e. The van der Waals surface area contributed by atoms with Gasteiger partial charge >= 0.3 is 7.40 Å². The van der Waals surface area contributed by atoms with Crippen LogP contribution in [-0.4, -0.2) is 35.5 Å². The van der Waals surface area contributed by atoms with E-state index in [1.54, 1.807) is 0 Å².